The highest BCUT2D eigenvalue weighted by molar-refractivity contribution is 5.91. The van der Waals surface area contributed by atoms with Gasteiger partial charge in [-0.25, -0.2) is 4.79 Å². The van der Waals surface area contributed by atoms with E-state index in [0.29, 0.717) is 6.42 Å². The molecule has 0 heterocycles. The quantitative estimate of drug-likeness (QED) is 0.306. The number of carbonyl (C=O) groups is 3. The van der Waals surface area contributed by atoms with Crippen molar-refractivity contribution in [1.29, 1.82) is 0 Å². The number of alkyl carbamates (subject to hydrolysis) is 1. The van der Waals surface area contributed by atoms with Crippen molar-refractivity contribution < 1.29 is 29.0 Å². The summed E-state index contributed by atoms with van der Waals surface area (Å²) in [7, 11) is 0. The van der Waals surface area contributed by atoms with Gasteiger partial charge in [0.2, 0.25) is 5.91 Å². The second-order valence-corrected chi connectivity index (χ2v) is 9.43. The summed E-state index contributed by atoms with van der Waals surface area (Å²) in [6.07, 6.45) is 1.08. The number of allylic oxidation sites excluding steroid dienone is 1. The summed E-state index contributed by atoms with van der Waals surface area (Å²) in [4.78, 5) is 39.0. The van der Waals surface area contributed by atoms with Gasteiger partial charge < -0.3 is 25.2 Å². The van der Waals surface area contributed by atoms with Crippen LogP contribution in [0.3, 0.4) is 0 Å². The second-order valence-electron chi connectivity index (χ2n) is 9.43. The number of aliphatic hydroxyl groups excluding tert-OH is 1. The molecule has 2 aromatic rings. The van der Waals surface area contributed by atoms with Crippen molar-refractivity contribution in [2.24, 2.45) is 5.92 Å². The van der Waals surface area contributed by atoms with Crippen molar-refractivity contribution in [2.45, 2.75) is 57.9 Å². The topological polar surface area (TPSA) is 114 Å². The van der Waals surface area contributed by atoms with Crippen LogP contribution < -0.4 is 10.6 Å². The summed E-state index contributed by atoms with van der Waals surface area (Å²) < 4.78 is 10.8. The molecule has 0 saturated carbocycles. The molecule has 0 bridgehead atoms. The number of benzene rings is 2. The normalized spacial score (nSPS) is 13.6. The molecule has 0 aliphatic rings. The maximum absolute atomic E-state index is 13.4. The number of hydrogen-bond acceptors (Lipinski definition) is 6. The summed E-state index contributed by atoms with van der Waals surface area (Å²) in [5, 5.41) is 15.2. The molecule has 3 N–H and O–H groups in total. The fourth-order valence-corrected chi connectivity index (χ4v) is 3.52. The van der Waals surface area contributed by atoms with Gasteiger partial charge in [-0.15, -0.1) is 6.58 Å². The van der Waals surface area contributed by atoms with Crippen molar-refractivity contribution >= 4 is 18.0 Å². The predicted octanol–water partition coefficient (Wildman–Crippen LogP) is 3.54. The SMILES string of the molecule is C=CC[C@H](C(=O)OCc1ccccc1)[C@@H](NC(=O)OC(C)(C)C)C(=O)N[C@H](CO)Cc1ccccc1. The molecule has 0 radical (unpaired) electrons. The highest BCUT2D eigenvalue weighted by Crippen LogP contribution is 2.17. The largest absolute Gasteiger partial charge is 0.461 e. The van der Waals surface area contributed by atoms with Crippen LogP contribution in [0.25, 0.3) is 0 Å². The van der Waals surface area contributed by atoms with Crippen molar-refractivity contribution in [2.75, 3.05) is 6.61 Å². The third kappa shape index (κ3) is 9.92. The number of nitrogens with one attached hydrogen (secondary N) is 2. The van der Waals surface area contributed by atoms with E-state index in [1.807, 2.05) is 60.7 Å². The lowest BCUT2D eigenvalue weighted by Crippen LogP contribution is -2.56. The summed E-state index contributed by atoms with van der Waals surface area (Å²) >= 11 is 0. The highest BCUT2D eigenvalue weighted by atomic mass is 16.6. The van der Waals surface area contributed by atoms with E-state index in [4.69, 9.17) is 9.47 Å². The zero-order chi connectivity index (χ0) is 26.6. The molecule has 194 valence electrons. The van der Waals surface area contributed by atoms with Gasteiger partial charge in [0.25, 0.3) is 0 Å². The van der Waals surface area contributed by atoms with Crippen LogP contribution in [0.15, 0.2) is 73.3 Å². The molecule has 0 spiro atoms. The zero-order valence-electron chi connectivity index (χ0n) is 21.1. The smallest absolute Gasteiger partial charge is 0.408 e. The molecule has 0 unspecified atom stereocenters. The number of amides is 2. The third-order valence-corrected chi connectivity index (χ3v) is 5.20. The highest BCUT2D eigenvalue weighted by Gasteiger charge is 2.37. The standard InChI is InChI=1S/C28H36N2O6/c1-5-12-23(26(33)35-19-21-15-10-7-11-16-21)24(30-27(34)36-28(2,3)4)25(32)29-22(18-31)17-20-13-8-6-9-14-20/h5-11,13-16,22-24,31H,1,12,17-19H2,2-4H3,(H,29,32)(H,30,34)/t22-,23-,24+/m0/s1. The first-order valence-electron chi connectivity index (χ1n) is 11.9. The van der Waals surface area contributed by atoms with Gasteiger partial charge >= 0.3 is 12.1 Å². The second kappa shape index (κ2) is 14.0. The summed E-state index contributed by atoms with van der Waals surface area (Å²) in [6, 6.07) is 16.5. The number of rotatable bonds is 12. The minimum atomic E-state index is -1.31. The van der Waals surface area contributed by atoms with E-state index >= 15 is 0 Å². The number of ether oxygens (including phenoxy) is 2. The van der Waals surface area contributed by atoms with Gasteiger partial charge in [0, 0.05) is 0 Å². The van der Waals surface area contributed by atoms with E-state index < -0.39 is 41.6 Å². The maximum Gasteiger partial charge on any atom is 0.408 e. The first-order valence-corrected chi connectivity index (χ1v) is 11.9. The van der Waals surface area contributed by atoms with Gasteiger partial charge in [-0.1, -0.05) is 66.7 Å². The van der Waals surface area contributed by atoms with Crippen molar-refractivity contribution in [1.82, 2.24) is 10.6 Å². The molecular formula is C28H36N2O6. The lowest BCUT2D eigenvalue weighted by atomic mass is 9.94. The van der Waals surface area contributed by atoms with E-state index in [0.717, 1.165) is 11.1 Å². The van der Waals surface area contributed by atoms with Crippen LogP contribution >= 0.6 is 0 Å². The Morgan fingerprint density at radius 3 is 2.08 bits per heavy atom. The molecule has 0 aliphatic heterocycles. The van der Waals surface area contributed by atoms with Gasteiger partial charge in [0.1, 0.15) is 18.2 Å². The maximum atomic E-state index is 13.4. The first-order chi connectivity index (χ1) is 17.1. The fraction of sp³-hybridized carbons (Fsp3) is 0.393. The molecule has 8 heteroatoms. The molecule has 0 aliphatic carbocycles. The molecule has 2 rings (SSSR count). The predicted molar refractivity (Wildman–Crippen MR) is 137 cm³/mol. The Balaban J connectivity index is 2.23. The molecule has 0 saturated heterocycles. The van der Waals surface area contributed by atoms with Crippen LogP contribution in [0, 0.1) is 5.92 Å². The van der Waals surface area contributed by atoms with Gasteiger partial charge in [0.05, 0.1) is 18.6 Å². The molecule has 0 aromatic heterocycles. The van der Waals surface area contributed by atoms with Crippen molar-refractivity contribution in [3.63, 3.8) is 0 Å². The number of esters is 1. The molecular weight excluding hydrogens is 460 g/mol. The van der Waals surface area contributed by atoms with Gasteiger partial charge in [0.15, 0.2) is 0 Å². The Hall–Kier alpha value is -3.65. The van der Waals surface area contributed by atoms with Crippen LogP contribution in [0.5, 0.6) is 0 Å². The lowest BCUT2D eigenvalue weighted by Gasteiger charge is -2.28. The molecule has 36 heavy (non-hydrogen) atoms. The van der Waals surface area contributed by atoms with Crippen LogP contribution in [0.4, 0.5) is 4.79 Å². The van der Waals surface area contributed by atoms with E-state index in [1.165, 1.54) is 6.08 Å². The van der Waals surface area contributed by atoms with Crippen molar-refractivity contribution in [3.8, 4) is 0 Å². The van der Waals surface area contributed by atoms with Crippen LogP contribution in [-0.2, 0) is 32.1 Å². The third-order valence-electron chi connectivity index (χ3n) is 5.20. The van der Waals surface area contributed by atoms with Crippen molar-refractivity contribution in [3.05, 3.63) is 84.4 Å². The van der Waals surface area contributed by atoms with Gasteiger partial charge in [-0.3, -0.25) is 9.59 Å². The van der Waals surface area contributed by atoms with E-state index in [2.05, 4.69) is 17.2 Å². The Morgan fingerprint density at radius 1 is 0.972 bits per heavy atom. The Labute approximate surface area is 212 Å². The molecule has 2 aromatic carbocycles. The van der Waals surface area contributed by atoms with Gasteiger partial charge in [-0.05, 0) is 44.7 Å². The van der Waals surface area contributed by atoms with E-state index in [9.17, 15) is 19.5 Å². The zero-order valence-corrected chi connectivity index (χ0v) is 21.1. The van der Waals surface area contributed by atoms with E-state index in [1.54, 1.807) is 20.8 Å². The Bertz CT molecular complexity index is 988. The minimum Gasteiger partial charge on any atom is -0.461 e. The molecule has 0 fully saturated rings. The summed E-state index contributed by atoms with van der Waals surface area (Å²) in [5.74, 6) is -2.37. The average Bonchev–Trinajstić information content (AvgIpc) is 2.84. The van der Waals surface area contributed by atoms with E-state index in [-0.39, 0.29) is 19.6 Å². The lowest BCUT2D eigenvalue weighted by molar-refractivity contribution is -0.152. The van der Waals surface area contributed by atoms with Crippen LogP contribution in [0.2, 0.25) is 0 Å². The summed E-state index contributed by atoms with van der Waals surface area (Å²) in [6.45, 7) is 8.46. The molecule has 8 nitrogen and oxygen atoms in total. The minimum absolute atomic E-state index is 0.0152. The van der Waals surface area contributed by atoms with Gasteiger partial charge in [-0.2, -0.15) is 0 Å². The number of aliphatic hydroxyl groups is 1. The average molecular weight is 497 g/mol. The Morgan fingerprint density at radius 2 is 1.56 bits per heavy atom. The monoisotopic (exact) mass is 496 g/mol. The number of hydrogen-bond donors (Lipinski definition) is 3. The first kappa shape index (κ1) is 28.6. The fourth-order valence-electron chi connectivity index (χ4n) is 3.52. The number of carbonyl (C=O) groups excluding carboxylic acids is 3. The van der Waals surface area contributed by atoms with Crippen LogP contribution in [-0.4, -0.2) is 47.4 Å². The van der Waals surface area contributed by atoms with Crippen LogP contribution in [0.1, 0.15) is 38.3 Å². The molecule has 3 atom stereocenters. The Kier molecular flexibility index (Phi) is 11.1. The summed E-state index contributed by atoms with van der Waals surface area (Å²) in [5.41, 5.74) is 0.888. The molecule has 2 amide bonds.